The van der Waals surface area contributed by atoms with Crippen LogP contribution >= 0.6 is 11.6 Å². The largest absolute Gasteiger partial charge is 0.354 e. The molecule has 4 rings (SSSR count). The molecule has 1 aliphatic rings. The lowest BCUT2D eigenvalue weighted by molar-refractivity contribution is -0.120. The van der Waals surface area contributed by atoms with Gasteiger partial charge in [0, 0.05) is 29.9 Å². The number of carbonyl (C=O) groups is 1. The zero-order valence-corrected chi connectivity index (χ0v) is 20.0. The molecule has 2 heterocycles. The average Bonchev–Trinajstić information content (AvgIpc) is 2.81. The molecule has 0 aliphatic carbocycles. The first-order valence-electron chi connectivity index (χ1n) is 11.3. The highest BCUT2D eigenvalue weighted by Crippen LogP contribution is 2.24. The summed E-state index contributed by atoms with van der Waals surface area (Å²) in [7, 11) is 0. The molecule has 0 spiro atoms. The van der Waals surface area contributed by atoms with Gasteiger partial charge in [-0.1, -0.05) is 43.6 Å². The molecule has 6 nitrogen and oxygen atoms in total. The second kappa shape index (κ2) is 9.79. The van der Waals surface area contributed by atoms with Gasteiger partial charge in [0.15, 0.2) is 0 Å². The summed E-state index contributed by atoms with van der Waals surface area (Å²) in [6, 6.07) is 16.7. The van der Waals surface area contributed by atoms with E-state index in [0.29, 0.717) is 29.0 Å². The van der Waals surface area contributed by atoms with E-state index in [0.717, 1.165) is 30.6 Å². The Balaban J connectivity index is 1.49. The minimum Gasteiger partial charge on any atom is -0.354 e. The first-order chi connectivity index (χ1) is 15.8. The molecule has 1 aromatic heterocycles. The molecule has 1 amide bonds. The summed E-state index contributed by atoms with van der Waals surface area (Å²) in [4.78, 5) is 27.5. The smallest absolute Gasteiger partial charge is 0.271 e. The standard InChI is InChI=1S/C26H29ClN4O2/c1-17(2)19-7-9-21(10-8-19)28-26(33)20-5-4-14-30(16-20)24-12-13-25(32)31(29-24)22-11-6-18(3)23(27)15-22/h6-13,15,17,20H,4-5,14,16H2,1-3H3,(H,28,33)/t20-/m0/s1. The highest BCUT2D eigenvalue weighted by molar-refractivity contribution is 6.31. The Morgan fingerprint density at radius 2 is 1.88 bits per heavy atom. The fourth-order valence-corrected chi connectivity index (χ4v) is 4.24. The number of aromatic nitrogens is 2. The van der Waals surface area contributed by atoms with Crippen LogP contribution < -0.4 is 15.8 Å². The molecular weight excluding hydrogens is 436 g/mol. The maximum Gasteiger partial charge on any atom is 0.271 e. The summed E-state index contributed by atoms with van der Waals surface area (Å²) in [6.45, 7) is 7.54. The van der Waals surface area contributed by atoms with E-state index in [4.69, 9.17) is 11.6 Å². The van der Waals surface area contributed by atoms with Crippen LogP contribution in [-0.2, 0) is 4.79 Å². The molecule has 33 heavy (non-hydrogen) atoms. The molecule has 0 bridgehead atoms. The summed E-state index contributed by atoms with van der Waals surface area (Å²) in [6.07, 6.45) is 1.70. The Hall–Kier alpha value is -3.12. The third-order valence-electron chi connectivity index (χ3n) is 6.15. The lowest BCUT2D eigenvalue weighted by atomic mass is 9.97. The number of amides is 1. The number of anilines is 2. The van der Waals surface area contributed by atoms with Crippen molar-refractivity contribution in [2.75, 3.05) is 23.3 Å². The van der Waals surface area contributed by atoms with Gasteiger partial charge in [-0.3, -0.25) is 9.59 Å². The lowest BCUT2D eigenvalue weighted by Gasteiger charge is -2.33. The van der Waals surface area contributed by atoms with Crippen molar-refractivity contribution in [1.29, 1.82) is 0 Å². The van der Waals surface area contributed by atoms with Crippen molar-refractivity contribution in [3.63, 3.8) is 0 Å². The van der Waals surface area contributed by atoms with Gasteiger partial charge in [0.2, 0.25) is 5.91 Å². The molecule has 3 aromatic rings. The Labute approximate surface area is 199 Å². The quantitative estimate of drug-likeness (QED) is 0.565. The van der Waals surface area contributed by atoms with E-state index in [1.54, 1.807) is 12.1 Å². The molecule has 172 valence electrons. The molecule has 1 atom stereocenters. The Morgan fingerprint density at radius 1 is 1.12 bits per heavy atom. The molecule has 0 saturated carbocycles. The van der Waals surface area contributed by atoms with Crippen LogP contribution in [0.25, 0.3) is 5.69 Å². The Kier molecular flexibility index (Phi) is 6.84. The van der Waals surface area contributed by atoms with Gasteiger partial charge in [0.05, 0.1) is 11.6 Å². The predicted molar refractivity (Wildman–Crippen MR) is 134 cm³/mol. The summed E-state index contributed by atoms with van der Waals surface area (Å²) < 4.78 is 1.36. The second-order valence-corrected chi connectivity index (χ2v) is 9.33. The molecule has 0 unspecified atom stereocenters. The van der Waals surface area contributed by atoms with Crippen molar-refractivity contribution in [2.24, 2.45) is 5.92 Å². The highest BCUT2D eigenvalue weighted by atomic mass is 35.5. The fraction of sp³-hybridized carbons (Fsp3) is 0.346. The van der Waals surface area contributed by atoms with Crippen LogP contribution in [0.2, 0.25) is 5.02 Å². The Bertz CT molecular complexity index is 1200. The zero-order valence-electron chi connectivity index (χ0n) is 19.2. The van der Waals surface area contributed by atoms with Gasteiger partial charge < -0.3 is 10.2 Å². The van der Waals surface area contributed by atoms with Crippen LogP contribution in [0.15, 0.2) is 59.4 Å². The fourth-order valence-electron chi connectivity index (χ4n) is 4.06. The zero-order chi connectivity index (χ0) is 23.5. The Morgan fingerprint density at radius 3 is 2.58 bits per heavy atom. The maximum atomic E-state index is 12.9. The number of aryl methyl sites for hydroxylation is 1. The summed E-state index contributed by atoms with van der Waals surface area (Å²) >= 11 is 6.25. The van der Waals surface area contributed by atoms with Crippen molar-refractivity contribution in [1.82, 2.24) is 9.78 Å². The van der Waals surface area contributed by atoms with Gasteiger partial charge >= 0.3 is 0 Å². The monoisotopic (exact) mass is 464 g/mol. The SMILES string of the molecule is Cc1ccc(-n2nc(N3CCC[C@H](C(=O)Nc4ccc(C(C)C)cc4)C3)ccc2=O)cc1Cl. The normalized spacial score (nSPS) is 16.2. The van der Waals surface area contributed by atoms with E-state index < -0.39 is 0 Å². The van der Waals surface area contributed by atoms with E-state index >= 15 is 0 Å². The van der Waals surface area contributed by atoms with E-state index in [9.17, 15) is 9.59 Å². The third-order valence-corrected chi connectivity index (χ3v) is 6.55. The number of nitrogens with zero attached hydrogens (tertiary/aromatic N) is 3. The molecule has 2 aromatic carbocycles. The molecule has 1 saturated heterocycles. The van der Waals surface area contributed by atoms with Crippen LogP contribution in [-0.4, -0.2) is 28.8 Å². The summed E-state index contributed by atoms with van der Waals surface area (Å²) in [5.41, 5.74) is 3.38. The van der Waals surface area contributed by atoms with Gasteiger partial charge in [-0.2, -0.15) is 4.68 Å². The topological polar surface area (TPSA) is 67.2 Å². The molecule has 7 heteroatoms. The number of piperidine rings is 1. The van der Waals surface area contributed by atoms with Crippen LogP contribution in [0, 0.1) is 12.8 Å². The van der Waals surface area contributed by atoms with Crippen LogP contribution in [0.4, 0.5) is 11.5 Å². The van der Waals surface area contributed by atoms with E-state index in [-0.39, 0.29) is 17.4 Å². The van der Waals surface area contributed by atoms with E-state index in [1.807, 2.05) is 31.2 Å². The maximum absolute atomic E-state index is 12.9. The number of carbonyl (C=O) groups excluding carboxylic acids is 1. The number of hydrogen-bond donors (Lipinski definition) is 1. The van der Waals surface area contributed by atoms with Crippen molar-refractivity contribution in [3.8, 4) is 5.69 Å². The first-order valence-corrected chi connectivity index (χ1v) is 11.7. The predicted octanol–water partition coefficient (Wildman–Crippen LogP) is 5.17. The summed E-state index contributed by atoms with van der Waals surface area (Å²) in [5.74, 6) is 0.980. The number of nitrogens with one attached hydrogen (secondary N) is 1. The average molecular weight is 465 g/mol. The molecular formula is C26H29ClN4O2. The van der Waals surface area contributed by atoms with E-state index in [2.05, 4.69) is 41.3 Å². The van der Waals surface area contributed by atoms with Crippen molar-refractivity contribution in [3.05, 3.63) is 81.1 Å². The van der Waals surface area contributed by atoms with Gasteiger partial charge in [0.25, 0.3) is 5.56 Å². The van der Waals surface area contributed by atoms with Crippen LogP contribution in [0.1, 0.15) is 43.7 Å². The minimum absolute atomic E-state index is 0.00985. The molecule has 1 N–H and O–H groups in total. The van der Waals surface area contributed by atoms with Gasteiger partial charge in [0.1, 0.15) is 5.82 Å². The molecule has 1 fully saturated rings. The second-order valence-electron chi connectivity index (χ2n) is 8.93. The first kappa shape index (κ1) is 23.1. The van der Waals surface area contributed by atoms with Crippen molar-refractivity contribution in [2.45, 2.75) is 39.5 Å². The van der Waals surface area contributed by atoms with Gasteiger partial charge in [-0.15, -0.1) is 5.10 Å². The van der Waals surface area contributed by atoms with E-state index in [1.165, 1.54) is 16.3 Å². The molecule has 1 aliphatic heterocycles. The van der Waals surface area contributed by atoms with Crippen molar-refractivity contribution >= 4 is 29.0 Å². The van der Waals surface area contributed by atoms with Crippen LogP contribution in [0.5, 0.6) is 0 Å². The van der Waals surface area contributed by atoms with Crippen LogP contribution in [0.3, 0.4) is 0 Å². The number of hydrogen-bond acceptors (Lipinski definition) is 4. The number of benzene rings is 2. The minimum atomic E-state index is -0.227. The van der Waals surface area contributed by atoms with Crippen molar-refractivity contribution < 1.29 is 4.79 Å². The number of halogens is 1. The third kappa shape index (κ3) is 5.28. The van der Waals surface area contributed by atoms with Gasteiger partial charge in [-0.05, 0) is 67.1 Å². The summed E-state index contributed by atoms with van der Waals surface area (Å²) in [5, 5.41) is 8.22. The van der Waals surface area contributed by atoms with Gasteiger partial charge in [-0.25, -0.2) is 0 Å². The highest BCUT2D eigenvalue weighted by Gasteiger charge is 2.27. The lowest BCUT2D eigenvalue weighted by Crippen LogP contribution is -2.41. The molecule has 0 radical (unpaired) electrons. The number of rotatable bonds is 5.